The Bertz CT molecular complexity index is 235. The second-order valence-electron chi connectivity index (χ2n) is 2.73. The molecule has 7 nitrogen and oxygen atoms in total. The second kappa shape index (κ2) is 5.92. The molecule has 1 rings (SSSR count). The lowest BCUT2D eigenvalue weighted by molar-refractivity contribution is -0.138. The zero-order valence-corrected chi connectivity index (χ0v) is 7.53. The zero-order chi connectivity index (χ0) is 11.1. The van der Waals surface area contributed by atoms with Crippen LogP contribution in [0.2, 0.25) is 0 Å². The summed E-state index contributed by atoms with van der Waals surface area (Å²) in [5.74, 6) is -1.47. The van der Waals surface area contributed by atoms with Gasteiger partial charge in [-0.1, -0.05) is 0 Å². The number of carbonyl (C=O) groups excluding carboxylic acids is 2. The number of amides is 2. The summed E-state index contributed by atoms with van der Waals surface area (Å²) in [5.41, 5.74) is 9.81. The number of hydrogen-bond donors (Lipinski definition) is 4. The minimum absolute atomic E-state index is 0.0213. The third kappa shape index (κ3) is 8.47. The predicted octanol–water partition coefficient (Wildman–Crippen LogP) is -2.22. The van der Waals surface area contributed by atoms with Crippen molar-refractivity contribution in [3.8, 4) is 0 Å². The molecular formula is C7H13N3O4. The Morgan fingerprint density at radius 1 is 1.57 bits per heavy atom. The van der Waals surface area contributed by atoms with Crippen LogP contribution >= 0.6 is 0 Å². The van der Waals surface area contributed by atoms with E-state index < -0.39 is 17.9 Å². The zero-order valence-electron chi connectivity index (χ0n) is 7.53. The summed E-state index contributed by atoms with van der Waals surface area (Å²) in [4.78, 5) is 29.6. The van der Waals surface area contributed by atoms with Crippen molar-refractivity contribution in [2.45, 2.75) is 18.9 Å². The molecule has 0 aromatic rings. The van der Waals surface area contributed by atoms with Crippen molar-refractivity contribution in [2.75, 3.05) is 6.54 Å². The summed E-state index contributed by atoms with van der Waals surface area (Å²) in [6.45, 7) is 0.597. The maximum Gasteiger partial charge on any atom is 0.320 e. The van der Waals surface area contributed by atoms with E-state index in [0.29, 0.717) is 6.54 Å². The van der Waals surface area contributed by atoms with E-state index in [4.69, 9.17) is 16.6 Å². The SMILES string of the molecule is NC(=O)CC[C@H](N)C(=O)O.O=C1CN1. The number of primary amides is 1. The van der Waals surface area contributed by atoms with Gasteiger partial charge in [-0.05, 0) is 6.42 Å². The van der Waals surface area contributed by atoms with Crippen molar-refractivity contribution >= 4 is 17.8 Å². The molecule has 0 radical (unpaired) electrons. The van der Waals surface area contributed by atoms with Crippen molar-refractivity contribution in [1.29, 1.82) is 0 Å². The second-order valence-corrected chi connectivity index (χ2v) is 2.73. The number of carboxylic acid groups (broad SMARTS) is 1. The molecule has 1 atom stereocenters. The van der Waals surface area contributed by atoms with Gasteiger partial charge in [-0.25, -0.2) is 0 Å². The molecule has 1 fully saturated rings. The molecule has 2 amide bonds. The predicted molar refractivity (Wildman–Crippen MR) is 47.0 cm³/mol. The van der Waals surface area contributed by atoms with Gasteiger partial charge in [0.15, 0.2) is 0 Å². The van der Waals surface area contributed by atoms with Crippen LogP contribution in [0.4, 0.5) is 0 Å². The van der Waals surface area contributed by atoms with Gasteiger partial charge in [0.1, 0.15) is 6.04 Å². The first-order valence-electron chi connectivity index (χ1n) is 3.97. The maximum absolute atomic E-state index is 10.1. The lowest BCUT2D eigenvalue weighted by Gasteiger charge is -2.01. The summed E-state index contributed by atoms with van der Waals surface area (Å²) in [6, 6.07) is -0.979. The summed E-state index contributed by atoms with van der Waals surface area (Å²) >= 11 is 0. The quantitative estimate of drug-likeness (QED) is 0.382. The highest BCUT2D eigenvalue weighted by atomic mass is 16.4. The highest BCUT2D eigenvalue weighted by Gasteiger charge is 2.11. The number of carbonyl (C=O) groups is 3. The number of rotatable bonds is 4. The molecule has 0 aromatic heterocycles. The molecule has 1 heterocycles. The van der Waals surface area contributed by atoms with Crippen LogP contribution in [0.5, 0.6) is 0 Å². The minimum atomic E-state index is -1.11. The Morgan fingerprint density at radius 3 is 2.21 bits per heavy atom. The van der Waals surface area contributed by atoms with Crippen molar-refractivity contribution < 1.29 is 19.5 Å². The number of nitrogens with two attached hydrogens (primary N) is 2. The van der Waals surface area contributed by atoms with E-state index in [1.165, 1.54) is 0 Å². The first kappa shape index (κ1) is 12.4. The fourth-order valence-electron chi connectivity index (χ4n) is 0.457. The molecular weight excluding hydrogens is 190 g/mol. The van der Waals surface area contributed by atoms with Gasteiger partial charge in [-0.2, -0.15) is 0 Å². The average Bonchev–Trinajstić information content (AvgIpc) is 2.84. The third-order valence-electron chi connectivity index (χ3n) is 1.34. The highest BCUT2D eigenvalue weighted by Crippen LogP contribution is 1.92. The fraction of sp³-hybridized carbons (Fsp3) is 0.571. The maximum atomic E-state index is 10.1. The van der Waals surface area contributed by atoms with Gasteiger partial charge < -0.3 is 21.9 Å². The Labute approximate surface area is 80.4 Å². The summed E-state index contributed by atoms with van der Waals surface area (Å²) in [7, 11) is 0. The van der Waals surface area contributed by atoms with Gasteiger partial charge in [0, 0.05) is 6.42 Å². The van der Waals surface area contributed by atoms with Crippen LogP contribution in [-0.4, -0.2) is 35.5 Å². The van der Waals surface area contributed by atoms with E-state index in [1.54, 1.807) is 0 Å². The topological polar surface area (TPSA) is 145 Å². The van der Waals surface area contributed by atoms with Gasteiger partial charge in [-0.15, -0.1) is 0 Å². The molecule has 1 aliphatic rings. The molecule has 80 valence electrons. The lowest BCUT2D eigenvalue weighted by atomic mass is 10.2. The van der Waals surface area contributed by atoms with Gasteiger partial charge in [0.25, 0.3) is 0 Å². The van der Waals surface area contributed by atoms with Crippen LogP contribution in [-0.2, 0) is 14.4 Å². The van der Waals surface area contributed by atoms with Crippen LogP contribution in [0.3, 0.4) is 0 Å². The summed E-state index contributed by atoms with van der Waals surface area (Å²) in [6.07, 6.45) is 0.123. The molecule has 14 heavy (non-hydrogen) atoms. The van der Waals surface area contributed by atoms with Gasteiger partial charge in [-0.3, -0.25) is 14.4 Å². The van der Waals surface area contributed by atoms with E-state index in [9.17, 15) is 14.4 Å². The molecule has 1 aliphatic heterocycles. The third-order valence-corrected chi connectivity index (χ3v) is 1.34. The van der Waals surface area contributed by atoms with Crippen LogP contribution in [0.1, 0.15) is 12.8 Å². The molecule has 7 heteroatoms. The van der Waals surface area contributed by atoms with E-state index in [1.807, 2.05) is 0 Å². The van der Waals surface area contributed by atoms with Crippen LogP contribution in [0, 0.1) is 0 Å². The molecule has 6 N–H and O–H groups in total. The van der Waals surface area contributed by atoms with Crippen molar-refractivity contribution in [3.05, 3.63) is 0 Å². The van der Waals surface area contributed by atoms with Crippen molar-refractivity contribution in [3.63, 3.8) is 0 Å². The first-order valence-corrected chi connectivity index (χ1v) is 3.97. The number of carboxylic acids is 1. The molecule has 1 saturated heterocycles. The number of aliphatic carboxylic acids is 1. The Kier molecular flexibility index (Phi) is 5.23. The standard InChI is InChI=1S/C5H10N2O3.C2H3NO/c6-3(5(9)10)1-2-4(7)8;4-2-1-3-2/h3H,1-2,6H2,(H2,7,8)(H,9,10);1H2,(H,3,4)/t3-;/m0./s1. The highest BCUT2D eigenvalue weighted by molar-refractivity contribution is 5.91. The first-order chi connectivity index (χ1) is 6.43. The van der Waals surface area contributed by atoms with Crippen LogP contribution in [0.25, 0.3) is 0 Å². The van der Waals surface area contributed by atoms with Gasteiger partial charge in [0.2, 0.25) is 11.8 Å². The molecule has 0 aliphatic carbocycles. The Balaban J connectivity index is 0.000000344. The van der Waals surface area contributed by atoms with Crippen molar-refractivity contribution in [1.82, 2.24) is 5.32 Å². The van der Waals surface area contributed by atoms with E-state index in [-0.39, 0.29) is 18.7 Å². The van der Waals surface area contributed by atoms with E-state index in [2.05, 4.69) is 5.32 Å². The minimum Gasteiger partial charge on any atom is -0.480 e. The van der Waals surface area contributed by atoms with Gasteiger partial charge >= 0.3 is 5.97 Å². The van der Waals surface area contributed by atoms with Crippen molar-refractivity contribution in [2.24, 2.45) is 11.5 Å². The molecule has 0 aromatic carbocycles. The van der Waals surface area contributed by atoms with E-state index >= 15 is 0 Å². The molecule has 0 spiro atoms. The van der Waals surface area contributed by atoms with Crippen LogP contribution in [0.15, 0.2) is 0 Å². The summed E-state index contributed by atoms with van der Waals surface area (Å²) < 4.78 is 0. The lowest BCUT2D eigenvalue weighted by Crippen LogP contribution is -2.31. The Hall–Kier alpha value is -1.63. The normalized spacial score (nSPS) is 14.5. The van der Waals surface area contributed by atoms with Crippen LogP contribution < -0.4 is 16.8 Å². The number of hydrogen-bond acceptors (Lipinski definition) is 4. The molecule has 0 bridgehead atoms. The number of nitrogens with one attached hydrogen (secondary N) is 1. The molecule has 0 unspecified atom stereocenters. The fourth-order valence-corrected chi connectivity index (χ4v) is 0.457. The summed E-state index contributed by atoms with van der Waals surface area (Å²) in [5, 5.41) is 10.7. The van der Waals surface area contributed by atoms with Gasteiger partial charge in [0.05, 0.1) is 6.54 Å². The largest absolute Gasteiger partial charge is 0.480 e. The monoisotopic (exact) mass is 203 g/mol. The molecule has 0 saturated carbocycles. The average molecular weight is 203 g/mol. The van der Waals surface area contributed by atoms with E-state index in [0.717, 1.165) is 0 Å². The Morgan fingerprint density at radius 2 is 2.00 bits per heavy atom. The smallest absolute Gasteiger partial charge is 0.320 e.